The first-order valence-electron chi connectivity index (χ1n) is 7.55. The van der Waals surface area contributed by atoms with E-state index in [0.717, 1.165) is 6.42 Å². The van der Waals surface area contributed by atoms with Crippen molar-refractivity contribution in [2.24, 2.45) is 0 Å². The molecular formula is C17H16N2O5. The monoisotopic (exact) mass is 328 g/mol. The molecule has 0 radical (unpaired) electrons. The summed E-state index contributed by atoms with van der Waals surface area (Å²) in [5.74, 6) is 0.888. The third-order valence-corrected chi connectivity index (χ3v) is 3.57. The molecule has 124 valence electrons. The summed E-state index contributed by atoms with van der Waals surface area (Å²) < 4.78 is 11.1. The van der Waals surface area contributed by atoms with E-state index >= 15 is 0 Å². The van der Waals surface area contributed by atoms with E-state index in [4.69, 9.17) is 9.47 Å². The van der Waals surface area contributed by atoms with Gasteiger partial charge in [-0.05, 0) is 12.1 Å². The highest BCUT2D eigenvalue weighted by Crippen LogP contribution is 2.32. The Balaban J connectivity index is 1.72. The molecule has 1 N–H and O–H groups in total. The standard InChI is InChI=1S/C17H16N2O5/c20-17(10-12-4-1-2-5-14(12)19(21)22)18-13-6-7-15-16(11-13)24-9-3-8-23-15/h1-2,4-7,11H,3,8-10H2,(H,18,20). The Bertz CT molecular complexity index is 775. The molecule has 0 atom stereocenters. The maximum atomic E-state index is 12.2. The summed E-state index contributed by atoms with van der Waals surface area (Å²) in [7, 11) is 0. The van der Waals surface area contributed by atoms with E-state index in [1.54, 1.807) is 36.4 Å². The first-order chi connectivity index (χ1) is 11.6. The lowest BCUT2D eigenvalue weighted by Gasteiger charge is -2.10. The highest BCUT2D eigenvalue weighted by atomic mass is 16.6. The number of nitrogens with one attached hydrogen (secondary N) is 1. The molecule has 0 aromatic heterocycles. The van der Waals surface area contributed by atoms with E-state index in [9.17, 15) is 14.9 Å². The Morgan fingerprint density at radius 1 is 1.12 bits per heavy atom. The van der Waals surface area contributed by atoms with Crippen molar-refractivity contribution in [2.45, 2.75) is 12.8 Å². The lowest BCUT2D eigenvalue weighted by Crippen LogP contribution is -2.15. The summed E-state index contributed by atoms with van der Waals surface area (Å²) >= 11 is 0. The number of carbonyl (C=O) groups excluding carboxylic acids is 1. The van der Waals surface area contributed by atoms with E-state index < -0.39 is 4.92 Å². The second-order valence-corrected chi connectivity index (χ2v) is 5.32. The SMILES string of the molecule is O=C(Cc1ccccc1[N+](=O)[O-])Nc1ccc2c(c1)OCCCO2. The number of para-hydroxylation sites is 1. The van der Waals surface area contributed by atoms with Crippen LogP contribution in [0, 0.1) is 10.1 Å². The molecule has 24 heavy (non-hydrogen) atoms. The second kappa shape index (κ2) is 6.99. The van der Waals surface area contributed by atoms with E-state index in [2.05, 4.69) is 5.32 Å². The maximum Gasteiger partial charge on any atom is 0.273 e. The minimum atomic E-state index is -0.490. The lowest BCUT2D eigenvalue weighted by molar-refractivity contribution is -0.385. The summed E-state index contributed by atoms with van der Waals surface area (Å²) in [6, 6.07) is 11.3. The van der Waals surface area contributed by atoms with Gasteiger partial charge in [0.05, 0.1) is 24.6 Å². The van der Waals surface area contributed by atoms with Crippen LogP contribution in [-0.2, 0) is 11.2 Å². The number of anilines is 1. The van der Waals surface area contributed by atoms with E-state index in [-0.39, 0.29) is 18.0 Å². The Hall–Kier alpha value is -3.09. The molecule has 0 fully saturated rings. The van der Waals surface area contributed by atoms with Crippen LogP contribution in [0.2, 0.25) is 0 Å². The van der Waals surface area contributed by atoms with Gasteiger partial charge in [0, 0.05) is 29.8 Å². The van der Waals surface area contributed by atoms with Gasteiger partial charge in [0.15, 0.2) is 11.5 Å². The summed E-state index contributed by atoms with van der Waals surface area (Å²) in [5, 5.41) is 13.7. The number of amides is 1. The highest BCUT2D eigenvalue weighted by Gasteiger charge is 2.16. The smallest absolute Gasteiger partial charge is 0.273 e. The maximum absolute atomic E-state index is 12.2. The summed E-state index contributed by atoms with van der Waals surface area (Å²) in [4.78, 5) is 22.7. The quantitative estimate of drug-likeness (QED) is 0.688. The second-order valence-electron chi connectivity index (χ2n) is 5.32. The minimum Gasteiger partial charge on any atom is -0.490 e. The van der Waals surface area contributed by atoms with Crippen LogP contribution < -0.4 is 14.8 Å². The molecule has 3 rings (SSSR count). The average molecular weight is 328 g/mol. The number of ether oxygens (including phenoxy) is 2. The number of hydrogen-bond acceptors (Lipinski definition) is 5. The molecule has 7 nitrogen and oxygen atoms in total. The number of nitrogens with zero attached hydrogens (tertiary/aromatic N) is 1. The fourth-order valence-corrected chi connectivity index (χ4v) is 2.46. The number of benzene rings is 2. The topological polar surface area (TPSA) is 90.7 Å². The Morgan fingerprint density at radius 2 is 1.88 bits per heavy atom. The molecule has 1 heterocycles. The molecular weight excluding hydrogens is 312 g/mol. The van der Waals surface area contributed by atoms with Gasteiger partial charge in [-0.15, -0.1) is 0 Å². The molecule has 0 unspecified atom stereocenters. The first-order valence-corrected chi connectivity index (χ1v) is 7.55. The van der Waals surface area contributed by atoms with Gasteiger partial charge in [-0.2, -0.15) is 0 Å². The van der Waals surface area contributed by atoms with Crippen LogP contribution in [0.3, 0.4) is 0 Å². The number of rotatable bonds is 4. The fraction of sp³-hybridized carbons (Fsp3) is 0.235. The molecule has 1 amide bonds. The van der Waals surface area contributed by atoms with Crippen LogP contribution in [0.1, 0.15) is 12.0 Å². The summed E-state index contributed by atoms with van der Waals surface area (Å²) in [5.41, 5.74) is 0.864. The predicted octanol–water partition coefficient (Wildman–Crippen LogP) is 2.94. The zero-order chi connectivity index (χ0) is 16.9. The van der Waals surface area contributed by atoms with Gasteiger partial charge in [-0.3, -0.25) is 14.9 Å². The molecule has 1 aliphatic heterocycles. The number of fused-ring (bicyclic) bond motifs is 1. The van der Waals surface area contributed by atoms with Crippen molar-refractivity contribution in [1.82, 2.24) is 0 Å². The number of nitro groups is 1. The Morgan fingerprint density at radius 3 is 2.67 bits per heavy atom. The van der Waals surface area contributed by atoms with Crippen LogP contribution in [0.4, 0.5) is 11.4 Å². The first kappa shape index (κ1) is 15.8. The van der Waals surface area contributed by atoms with Crippen molar-refractivity contribution in [2.75, 3.05) is 18.5 Å². The predicted molar refractivity (Wildman–Crippen MR) is 87.5 cm³/mol. The number of carbonyl (C=O) groups is 1. The van der Waals surface area contributed by atoms with Gasteiger partial charge in [0.1, 0.15) is 0 Å². The van der Waals surface area contributed by atoms with Crippen LogP contribution in [-0.4, -0.2) is 24.0 Å². The number of nitro benzene ring substituents is 1. The summed E-state index contributed by atoms with van der Waals surface area (Å²) in [6.45, 7) is 1.15. The highest BCUT2D eigenvalue weighted by molar-refractivity contribution is 5.93. The van der Waals surface area contributed by atoms with Crippen molar-refractivity contribution in [1.29, 1.82) is 0 Å². The van der Waals surface area contributed by atoms with Crippen LogP contribution in [0.25, 0.3) is 0 Å². The molecule has 0 saturated carbocycles. The third kappa shape index (κ3) is 3.62. The largest absolute Gasteiger partial charge is 0.490 e. The van der Waals surface area contributed by atoms with Crippen molar-refractivity contribution in [3.8, 4) is 11.5 Å². The van der Waals surface area contributed by atoms with Crippen molar-refractivity contribution < 1.29 is 19.2 Å². The van der Waals surface area contributed by atoms with E-state index in [0.29, 0.717) is 36.0 Å². The average Bonchev–Trinajstić information content (AvgIpc) is 2.80. The zero-order valence-corrected chi connectivity index (χ0v) is 12.9. The minimum absolute atomic E-state index is 0.0636. The number of hydrogen-bond donors (Lipinski definition) is 1. The van der Waals surface area contributed by atoms with Crippen molar-refractivity contribution >= 4 is 17.3 Å². The van der Waals surface area contributed by atoms with Gasteiger partial charge < -0.3 is 14.8 Å². The van der Waals surface area contributed by atoms with Gasteiger partial charge in [-0.1, -0.05) is 18.2 Å². The Kier molecular flexibility index (Phi) is 4.60. The molecule has 2 aromatic carbocycles. The van der Waals surface area contributed by atoms with Crippen LogP contribution in [0.5, 0.6) is 11.5 Å². The molecule has 0 bridgehead atoms. The fourth-order valence-electron chi connectivity index (χ4n) is 2.46. The van der Waals surface area contributed by atoms with Gasteiger partial charge >= 0.3 is 0 Å². The van der Waals surface area contributed by atoms with Gasteiger partial charge in [0.2, 0.25) is 5.91 Å². The Labute approximate surface area is 138 Å². The van der Waals surface area contributed by atoms with E-state index in [1.165, 1.54) is 6.07 Å². The van der Waals surface area contributed by atoms with Crippen molar-refractivity contribution in [3.05, 3.63) is 58.1 Å². The molecule has 2 aromatic rings. The molecule has 0 aliphatic carbocycles. The molecule has 7 heteroatoms. The van der Waals surface area contributed by atoms with E-state index in [1.807, 2.05) is 0 Å². The molecule has 0 spiro atoms. The zero-order valence-electron chi connectivity index (χ0n) is 12.9. The molecule has 0 saturated heterocycles. The lowest BCUT2D eigenvalue weighted by atomic mass is 10.1. The summed E-state index contributed by atoms with van der Waals surface area (Å²) in [6.07, 6.45) is 0.722. The molecule has 1 aliphatic rings. The van der Waals surface area contributed by atoms with Crippen LogP contribution >= 0.6 is 0 Å². The normalized spacial score (nSPS) is 13.0. The van der Waals surface area contributed by atoms with Crippen molar-refractivity contribution in [3.63, 3.8) is 0 Å². The van der Waals surface area contributed by atoms with Gasteiger partial charge in [0.25, 0.3) is 5.69 Å². The van der Waals surface area contributed by atoms with Gasteiger partial charge in [-0.25, -0.2) is 0 Å². The van der Waals surface area contributed by atoms with Crippen LogP contribution in [0.15, 0.2) is 42.5 Å². The third-order valence-electron chi connectivity index (χ3n) is 3.57.